The van der Waals surface area contributed by atoms with Gasteiger partial charge in [0.05, 0.1) is 22.3 Å². The predicted octanol–water partition coefficient (Wildman–Crippen LogP) is 6.17. The summed E-state index contributed by atoms with van der Waals surface area (Å²) in [7, 11) is 0. The number of benzene rings is 3. The van der Waals surface area contributed by atoms with Crippen LogP contribution in [0.15, 0.2) is 78.9 Å². The average Bonchev–Trinajstić information content (AvgIpc) is 2.77. The second-order valence-corrected chi connectivity index (χ2v) is 7.34. The summed E-state index contributed by atoms with van der Waals surface area (Å²) in [6, 6.07) is 21.6. The average molecular weight is 420 g/mol. The van der Waals surface area contributed by atoms with Crippen LogP contribution in [0.5, 0.6) is 0 Å². The van der Waals surface area contributed by atoms with Crippen molar-refractivity contribution < 1.29 is 18.0 Å². The van der Waals surface area contributed by atoms with E-state index in [0.717, 1.165) is 5.56 Å². The number of amides is 1. The first-order valence-corrected chi connectivity index (χ1v) is 9.72. The molecule has 0 saturated heterocycles. The van der Waals surface area contributed by atoms with E-state index in [1.807, 2.05) is 6.07 Å². The monoisotopic (exact) mass is 420 g/mol. The Balaban J connectivity index is 1.99. The highest BCUT2D eigenvalue weighted by molar-refractivity contribution is 6.06. The number of rotatable bonds is 4. The van der Waals surface area contributed by atoms with Crippen LogP contribution in [0.4, 0.5) is 13.2 Å². The van der Waals surface area contributed by atoms with E-state index in [1.165, 1.54) is 18.2 Å². The summed E-state index contributed by atoms with van der Waals surface area (Å²) in [6.07, 6.45) is -4.62. The molecular formula is C25H19F3N2O. The van der Waals surface area contributed by atoms with Crippen LogP contribution in [0.2, 0.25) is 0 Å². The van der Waals surface area contributed by atoms with Crippen molar-refractivity contribution in [3.63, 3.8) is 0 Å². The summed E-state index contributed by atoms with van der Waals surface area (Å²) in [4.78, 5) is 16.4. The number of primary amides is 1. The number of hydrogen-bond acceptors (Lipinski definition) is 2. The Labute approximate surface area is 177 Å². The molecule has 4 rings (SSSR count). The number of carbonyl (C=O) groups is 1. The largest absolute Gasteiger partial charge is 0.417 e. The molecule has 1 heterocycles. The molecule has 1 aromatic heterocycles. The van der Waals surface area contributed by atoms with E-state index in [-0.39, 0.29) is 22.4 Å². The lowest BCUT2D eigenvalue weighted by Gasteiger charge is -2.22. The third-order valence-electron chi connectivity index (χ3n) is 5.40. The second-order valence-electron chi connectivity index (χ2n) is 7.34. The fourth-order valence-corrected chi connectivity index (χ4v) is 3.90. The van der Waals surface area contributed by atoms with E-state index in [9.17, 15) is 18.0 Å². The van der Waals surface area contributed by atoms with Gasteiger partial charge < -0.3 is 5.73 Å². The highest BCUT2D eigenvalue weighted by atomic mass is 19.4. The van der Waals surface area contributed by atoms with Gasteiger partial charge in [-0.05, 0) is 23.3 Å². The van der Waals surface area contributed by atoms with Gasteiger partial charge in [0.2, 0.25) is 5.91 Å². The number of nitrogens with two attached hydrogens (primary N) is 1. The molecule has 4 aromatic rings. The molecule has 0 aliphatic rings. The van der Waals surface area contributed by atoms with E-state index in [2.05, 4.69) is 4.98 Å². The molecule has 0 saturated carbocycles. The van der Waals surface area contributed by atoms with Crippen LogP contribution in [-0.4, -0.2) is 10.9 Å². The van der Waals surface area contributed by atoms with Crippen LogP contribution < -0.4 is 5.73 Å². The normalized spacial score (nSPS) is 12.6. The molecule has 3 aromatic carbocycles. The molecule has 0 radical (unpaired) electrons. The summed E-state index contributed by atoms with van der Waals surface area (Å²) in [5.41, 5.74) is 6.19. The van der Waals surface area contributed by atoms with Gasteiger partial charge in [0.15, 0.2) is 0 Å². The van der Waals surface area contributed by atoms with Crippen molar-refractivity contribution in [2.75, 3.05) is 0 Å². The maximum absolute atomic E-state index is 14.3. The maximum Gasteiger partial charge on any atom is 0.417 e. The Hall–Kier alpha value is -3.67. The summed E-state index contributed by atoms with van der Waals surface area (Å²) in [6.45, 7) is 1.74. The molecule has 0 bridgehead atoms. The molecule has 0 unspecified atom stereocenters. The van der Waals surface area contributed by atoms with E-state index >= 15 is 0 Å². The predicted molar refractivity (Wildman–Crippen MR) is 115 cm³/mol. The fraction of sp³-hybridized carbons (Fsp3) is 0.120. The van der Waals surface area contributed by atoms with Gasteiger partial charge in [-0.3, -0.25) is 4.79 Å². The molecule has 3 nitrogen and oxygen atoms in total. The summed E-state index contributed by atoms with van der Waals surface area (Å²) in [5, 5.41) is 0.501. The van der Waals surface area contributed by atoms with Crippen molar-refractivity contribution in [3.8, 4) is 11.3 Å². The van der Waals surface area contributed by atoms with Crippen molar-refractivity contribution in [1.82, 2.24) is 4.98 Å². The minimum Gasteiger partial charge on any atom is -0.366 e. The molecular weight excluding hydrogens is 401 g/mol. The van der Waals surface area contributed by atoms with Crippen molar-refractivity contribution in [1.29, 1.82) is 0 Å². The molecule has 156 valence electrons. The minimum absolute atomic E-state index is 0.0573. The standard InChI is InChI=1S/C25H19F3N2O/c1-15(16-8-3-2-4-9-16)17-11-7-12-19(23(17)25(26,27)28)22-14-20(24(29)31)18-10-5-6-13-21(18)30-22/h2-15H,1H3,(H2,29,31)/t15-/m0/s1. The van der Waals surface area contributed by atoms with Crippen LogP contribution >= 0.6 is 0 Å². The summed E-state index contributed by atoms with van der Waals surface area (Å²) < 4.78 is 43.0. The first-order chi connectivity index (χ1) is 14.8. The zero-order chi connectivity index (χ0) is 22.2. The molecule has 31 heavy (non-hydrogen) atoms. The van der Waals surface area contributed by atoms with Crippen LogP contribution in [0.3, 0.4) is 0 Å². The van der Waals surface area contributed by atoms with Crippen LogP contribution in [0.1, 0.15) is 39.9 Å². The quantitative estimate of drug-likeness (QED) is 0.429. The molecule has 0 aliphatic carbocycles. The summed E-state index contributed by atoms with van der Waals surface area (Å²) >= 11 is 0. The number of nitrogens with zero attached hydrogens (tertiary/aromatic N) is 1. The zero-order valence-corrected chi connectivity index (χ0v) is 16.6. The first-order valence-electron chi connectivity index (χ1n) is 9.72. The summed E-state index contributed by atoms with van der Waals surface area (Å²) in [5.74, 6) is -1.21. The van der Waals surface area contributed by atoms with Gasteiger partial charge in [0, 0.05) is 16.9 Å². The van der Waals surface area contributed by atoms with Gasteiger partial charge in [-0.25, -0.2) is 4.98 Å². The molecule has 0 fully saturated rings. The molecule has 2 N–H and O–H groups in total. The van der Waals surface area contributed by atoms with Gasteiger partial charge in [0.1, 0.15) is 0 Å². The number of alkyl halides is 3. The molecule has 1 amide bonds. The molecule has 1 atom stereocenters. The highest BCUT2D eigenvalue weighted by Gasteiger charge is 2.38. The van der Waals surface area contributed by atoms with Crippen LogP contribution in [-0.2, 0) is 6.18 Å². The lowest BCUT2D eigenvalue weighted by molar-refractivity contribution is -0.137. The Morgan fingerprint density at radius 2 is 1.61 bits per heavy atom. The highest BCUT2D eigenvalue weighted by Crippen LogP contribution is 2.43. The molecule has 6 heteroatoms. The Morgan fingerprint density at radius 1 is 0.935 bits per heavy atom. The van der Waals surface area contributed by atoms with E-state index in [4.69, 9.17) is 5.73 Å². The second kappa shape index (κ2) is 7.87. The SMILES string of the molecule is C[C@@H](c1ccccc1)c1cccc(-c2cc(C(N)=O)c3ccccc3n2)c1C(F)(F)F. The van der Waals surface area contributed by atoms with Gasteiger partial charge in [-0.2, -0.15) is 13.2 Å². The smallest absolute Gasteiger partial charge is 0.366 e. The van der Waals surface area contributed by atoms with E-state index < -0.39 is 23.6 Å². The number of carbonyl (C=O) groups excluding carboxylic acids is 1. The number of pyridine rings is 1. The number of fused-ring (bicyclic) bond motifs is 1. The lowest BCUT2D eigenvalue weighted by atomic mass is 9.86. The topological polar surface area (TPSA) is 56.0 Å². The Morgan fingerprint density at radius 3 is 2.29 bits per heavy atom. The van der Waals surface area contributed by atoms with E-state index in [0.29, 0.717) is 10.9 Å². The van der Waals surface area contributed by atoms with Gasteiger partial charge in [-0.1, -0.05) is 73.7 Å². The van der Waals surface area contributed by atoms with Crippen molar-refractivity contribution in [2.45, 2.75) is 19.0 Å². The van der Waals surface area contributed by atoms with E-state index in [1.54, 1.807) is 61.5 Å². The minimum atomic E-state index is -4.62. The van der Waals surface area contributed by atoms with Crippen molar-refractivity contribution in [3.05, 3.63) is 101 Å². The third kappa shape index (κ3) is 3.89. The number of para-hydroxylation sites is 1. The molecule has 0 spiro atoms. The number of aromatic nitrogens is 1. The van der Waals surface area contributed by atoms with Gasteiger partial charge in [0.25, 0.3) is 0 Å². The maximum atomic E-state index is 14.3. The van der Waals surface area contributed by atoms with Gasteiger partial charge in [-0.15, -0.1) is 0 Å². The molecule has 0 aliphatic heterocycles. The Kier molecular flexibility index (Phi) is 5.23. The van der Waals surface area contributed by atoms with Crippen molar-refractivity contribution >= 4 is 16.8 Å². The number of halogens is 3. The Bertz CT molecular complexity index is 1270. The van der Waals surface area contributed by atoms with Crippen LogP contribution in [0.25, 0.3) is 22.2 Å². The van der Waals surface area contributed by atoms with Crippen molar-refractivity contribution in [2.24, 2.45) is 5.73 Å². The van der Waals surface area contributed by atoms with Gasteiger partial charge >= 0.3 is 6.18 Å². The fourth-order valence-electron chi connectivity index (χ4n) is 3.90. The van der Waals surface area contributed by atoms with Crippen LogP contribution in [0, 0.1) is 0 Å². The first kappa shape index (κ1) is 20.6. The number of hydrogen-bond donors (Lipinski definition) is 1. The lowest BCUT2D eigenvalue weighted by Crippen LogP contribution is -2.15. The third-order valence-corrected chi connectivity index (χ3v) is 5.40. The zero-order valence-electron chi connectivity index (χ0n) is 16.6.